The zero-order valence-electron chi connectivity index (χ0n) is 14.7. The Morgan fingerprint density at radius 3 is 2.62 bits per heavy atom. The molecule has 1 aliphatic heterocycles. The SMILES string of the molecule is NC[C@H]1CC[C@@H]1NC(=O)N1CCc2ccccc2[C@@H]1c1ccc(F)cc1. The van der Waals surface area contributed by atoms with Gasteiger partial charge in [0.2, 0.25) is 0 Å². The third-order valence-electron chi connectivity index (χ3n) is 5.76. The number of nitrogens with one attached hydrogen (secondary N) is 1. The van der Waals surface area contributed by atoms with E-state index in [0.29, 0.717) is 19.0 Å². The molecule has 0 spiro atoms. The minimum atomic E-state index is -0.269. The summed E-state index contributed by atoms with van der Waals surface area (Å²) in [7, 11) is 0. The van der Waals surface area contributed by atoms with Crippen LogP contribution in [0.25, 0.3) is 0 Å². The highest BCUT2D eigenvalue weighted by molar-refractivity contribution is 5.76. The van der Waals surface area contributed by atoms with Crippen molar-refractivity contribution in [2.24, 2.45) is 11.7 Å². The molecule has 5 heteroatoms. The van der Waals surface area contributed by atoms with Crippen LogP contribution in [0.2, 0.25) is 0 Å². The van der Waals surface area contributed by atoms with Crippen molar-refractivity contribution >= 4 is 6.03 Å². The molecule has 3 N–H and O–H groups in total. The van der Waals surface area contributed by atoms with E-state index in [1.165, 1.54) is 17.7 Å². The Hall–Kier alpha value is -2.40. The van der Waals surface area contributed by atoms with Crippen LogP contribution in [0.15, 0.2) is 48.5 Å². The van der Waals surface area contributed by atoms with Crippen molar-refractivity contribution < 1.29 is 9.18 Å². The molecule has 1 heterocycles. The summed E-state index contributed by atoms with van der Waals surface area (Å²) in [6.07, 6.45) is 2.89. The predicted molar refractivity (Wildman–Crippen MR) is 99.2 cm³/mol. The number of halogens is 1. The van der Waals surface area contributed by atoms with Gasteiger partial charge in [-0.2, -0.15) is 0 Å². The number of hydrogen-bond acceptors (Lipinski definition) is 2. The number of rotatable bonds is 3. The second-order valence-corrected chi connectivity index (χ2v) is 7.23. The molecule has 2 aromatic rings. The summed E-state index contributed by atoms with van der Waals surface area (Å²) in [6, 6.07) is 14.6. The Kier molecular flexibility index (Phi) is 4.64. The van der Waals surface area contributed by atoms with Crippen molar-refractivity contribution in [3.05, 3.63) is 71.0 Å². The fourth-order valence-corrected chi connectivity index (χ4v) is 4.07. The quantitative estimate of drug-likeness (QED) is 0.890. The molecule has 26 heavy (non-hydrogen) atoms. The topological polar surface area (TPSA) is 58.4 Å². The molecule has 0 radical (unpaired) electrons. The minimum absolute atomic E-state index is 0.0584. The number of hydrogen-bond donors (Lipinski definition) is 2. The van der Waals surface area contributed by atoms with E-state index in [0.717, 1.165) is 30.4 Å². The molecule has 0 bridgehead atoms. The molecule has 2 aromatic carbocycles. The van der Waals surface area contributed by atoms with Crippen LogP contribution in [0.4, 0.5) is 9.18 Å². The van der Waals surface area contributed by atoms with Crippen molar-refractivity contribution in [1.82, 2.24) is 10.2 Å². The van der Waals surface area contributed by atoms with Gasteiger partial charge in [-0.3, -0.25) is 0 Å². The Morgan fingerprint density at radius 1 is 1.15 bits per heavy atom. The van der Waals surface area contributed by atoms with Gasteiger partial charge >= 0.3 is 6.03 Å². The first-order valence-corrected chi connectivity index (χ1v) is 9.28. The van der Waals surface area contributed by atoms with Gasteiger partial charge in [-0.25, -0.2) is 9.18 Å². The summed E-state index contributed by atoms with van der Waals surface area (Å²) < 4.78 is 13.4. The molecule has 4 rings (SSSR count). The molecule has 4 nitrogen and oxygen atoms in total. The zero-order chi connectivity index (χ0) is 18.1. The Morgan fingerprint density at radius 2 is 1.92 bits per heavy atom. The summed E-state index contributed by atoms with van der Waals surface area (Å²) in [5.74, 6) is 0.106. The maximum atomic E-state index is 13.4. The van der Waals surface area contributed by atoms with Crippen molar-refractivity contribution in [2.45, 2.75) is 31.3 Å². The molecule has 0 aromatic heterocycles. The van der Waals surface area contributed by atoms with E-state index in [2.05, 4.69) is 17.4 Å². The van der Waals surface area contributed by atoms with E-state index in [1.807, 2.05) is 17.0 Å². The Bertz CT molecular complexity index is 790. The molecule has 2 amide bonds. The second-order valence-electron chi connectivity index (χ2n) is 7.23. The highest BCUT2D eigenvalue weighted by atomic mass is 19.1. The van der Waals surface area contributed by atoms with Gasteiger partial charge in [0.1, 0.15) is 5.82 Å². The molecule has 3 atom stereocenters. The lowest BCUT2D eigenvalue weighted by Gasteiger charge is -2.41. The minimum Gasteiger partial charge on any atom is -0.335 e. The van der Waals surface area contributed by atoms with E-state index in [1.54, 1.807) is 12.1 Å². The molecular formula is C21H24FN3O. The lowest BCUT2D eigenvalue weighted by atomic mass is 9.79. The van der Waals surface area contributed by atoms with Crippen molar-refractivity contribution in [2.75, 3.05) is 13.1 Å². The standard InChI is InChI=1S/C21H24FN3O/c22-17-8-5-15(6-9-17)20-18-4-2-1-3-14(18)11-12-25(20)21(26)24-19-10-7-16(19)13-23/h1-6,8-9,16,19-20H,7,10-13,23H2,(H,24,26)/t16-,19+,20+/m1/s1. The summed E-state index contributed by atoms with van der Waals surface area (Å²) in [5, 5.41) is 3.16. The number of benzene rings is 2. The van der Waals surface area contributed by atoms with Crippen LogP contribution in [-0.2, 0) is 6.42 Å². The Balaban J connectivity index is 1.64. The van der Waals surface area contributed by atoms with Gasteiger partial charge in [-0.05, 0) is 60.5 Å². The first-order chi connectivity index (χ1) is 12.7. The van der Waals surface area contributed by atoms with Crippen LogP contribution in [-0.4, -0.2) is 30.1 Å². The van der Waals surface area contributed by atoms with Crippen LogP contribution < -0.4 is 11.1 Å². The molecule has 2 aliphatic rings. The number of amides is 2. The van der Waals surface area contributed by atoms with Gasteiger partial charge in [0, 0.05) is 12.6 Å². The van der Waals surface area contributed by atoms with Gasteiger partial charge in [-0.1, -0.05) is 36.4 Å². The lowest BCUT2D eigenvalue weighted by molar-refractivity contribution is 0.154. The fourth-order valence-electron chi connectivity index (χ4n) is 4.07. The number of nitrogens with two attached hydrogens (primary N) is 1. The average molecular weight is 353 g/mol. The highest BCUT2D eigenvalue weighted by Gasteiger charge is 2.36. The Labute approximate surface area is 153 Å². The molecule has 136 valence electrons. The van der Waals surface area contributed by atoms with E-state index in [-0.39, 0.29) is 23.9 Å². The normalized spacial score (nSPS) is 24.5. The smallest absolute Gasteiger partial charge is 0.318 e. The van der Waals surface area contributed by atoms with Crippen LogP contribution in [0, 0.1) is 11.7 Å². The van der Waals surface area contributed by atoms with Gasteiger partial charge in [0.05, 0.1) is 6.04 Å². The van der Waals surface area contributed by atoms with Crippen LogP contribution in [0.1, 0.15) is 35.6 Å². The van der Waals surface area contributed by atoms with Crippen LogP contribution in [0.5, 0.6) is 0 Å². The van der Waals surface area contributed by atoms with E-state index < -0.39 is 0 Å². The maximum Gasteiger partial charge on any atom is 0.318 e. The third-order valence-corrected chi connectivity index (χ3v) is 5.76. The number of urea groups is 1. The molecule has 0 unspecified atom stereocenters. The molecule has 1 saturated carbocycles. The number of fused-ring (bicyclic) bond motifs is 1. The number of nitrogens with zero attached hydrogens (tertiary/aromatic N) is 1. The summed E-state index contributed by atoms with van der Waals surface area (Å²) in [4.78, 5) is 14.9. The number of carbonyl (C=O) groups excluding carboxylic acids is 1. The van der Waals surface area contributed by atoms with E-state index in [9.17, 15) is 9.18 Å². The van der Waals surface area contributed by atoms with Gasteiger partial charge < -0.3 is 16.0 Å². The first kappa shape index (κ1) is 17.0. The summed E-state index contributed by atoms with van der Waals surface area (Å²) >= 11 is 0. The molecule has 1 fully saturated rings. The van der Waals surface area contributed by atoms with Gasteiger partial charge in [-0.15, -0.1) is 0 Å². The molecular weight excluding hydrogens is 329 g/mol. The largest absolute Gasteiger partial charge is 0.335 e. The average Bonchev–Trinajstić information content (AvgIpc) is 2.65. The van der Waals surface area contributed by atoms with Crippen LogP contribution >= 0.6 is 0 Å². The van der Waals surface area contributed by atoms with Gasteiger partial charge in [0.25, 0.3) is 0 Å². The molecule has 1 aliphatic carbocycles. The van der Waals surface area contributed by atoms with Gasteiger partial charge in [0.15, 0.2) is 0 Å². The molecule has 0 saturated heterocycles. The summed E-state index contributed by atoms with van der Waals surface area (Å²) in [5.41, 5.74) is 9.06. The first-order valence-electron chi connectivity index (χ1n) is 9.28. The maximum absolute atomic E-state index is 13.4. The second kappa shape index (κ2) is 7.08. The van der Waals surface area contributed by atoms with Crippen molar-refractivity contribution in [1.29, 1.82) is 0 Å². The van der Waals surface area contributed by atoms with E-state index in [4.69, 9.17) is 5.73 Å². The fraction of sp³-hybridized carbons (Fsp3) is 0.381. The monoisotopic (exact) mass is 353 g/mol. The number of carbonyl (C=O) groups is 1. The summed E-state index contributed by atoms with van der Waals surface area (Å²) in [6.45, 7) is 1.25. The predicted octanol–water partition coefficient (Wildman–Crippen LogP) is 3.22. The zero-order valence-corrected chi connectivity index (χ0v) is 14.7. The van der Waals surface area contributed by atoms with Crippen molar-refractivity contribution in [3.8, 4) is 0 Å². The lowest BCUT2D eigenvalue weighted by Crippen LogP contribution is -2.55. The van der Waals surface area contributed by atoms with Crippen molar-refractivity contribution in [3.63, 3.8) is 0 Å². The van der Waals surface area contributed by atoms with Crippen LogP contribution in [0.3, 0.4) is 0 Å². The third kappa shape index (κ3) is 3.07. The highest BCUT2D eigenvalue weighted by Crippen LogP contribution is 2.36. The van der Waals surface area contributed by atoms with E-state index >= 15 is 0 Å².